The Morgan fingerprint density at radius 3 is 2.28 bits per heavy atom. The van der Waals surface area contributed by atoms with Crippen molar-refractivity contribution in [2.75, 3.05) is 0 Å². The summed E-state index contributed by atoms with van der Waals surface area (Å²) in [6, 6.07) is 1.26. The monoisotopic (exact) mass is 266 g/mol. The normalized spacial score (nSPS) is 11.7. The minimum atomic E-state index is -4.94. The highest BCUT2D eigenvalue weighted by Gasteiger charge is 2.38. The van der Waals surface area contributed by atoms with Gasteiger partial charge in [0.25, 0.3) is 0 Å². The summed E-state index contributed by atoms with van der Waals surface area (Å²) in [6.07, 6.45) is -5.43. The number of aromatic carboxylic acids is 1. The second kappa shape index (κ2) is 4.83. The first-order valence-corrected chi connectivity index (χ1v) is 4.94. The zero-order chi connectivity index (χ0) is 14.1. The summed E-state index contributed by atoms with van der Waals surface area (Å²) in [5, 5.41) is 8.67. The average molecular weight is 266 g/mol. The molecule has 0 atom stereocenters. The lowest BCUT2D eigenvalue weighted by atomic mass is 10.1. The van der Waals surface area contributed by atoms with Crippen molar-refractivity contribution in [1.82, 2.24) is 0 Å². The van der Waals surface area contributed by atoms with Gasteiger partial charge in [-0.05, 0) is 26.0 Å². The van der Waals surface area contributed by atoms with E-state index in [0.717, 1.165) is 6.07 Å². The molecule has 0 heterocycles. The Labute approximate surface area is 100.0 Å². The van der Waals surface area contributed by atoms with Crippen molar-refractivity contribution in [2.24, 2.45) is 0 Å². The van der Waals surface area contributed by atoms with Crippen LogP contribution in [0.25, 0.3) is 0 Å². The Morgan fingerprint density at radius 1 is 1.33 bits per heavy atom. The Bertz CT molecular complexity index is 466. The number of ether oxygens (including phenoxy) is 1. The minimum Gasteiger partial charge on any atom is -0.488 e. The second-order valence-corrected chi connectivity index (χ2v) is 3.77. The number of carbonyl (C=O) groups is 1. The molecule has 0 saturated carbocycles. The van der Waals surface area contributed by atoms with Crippen LogP contribution >= 0.6 is 0 Å². The molecule has 0 aliphatic carbocycles. The van der Waals surface area contributed by atoms with Crippen LogP contribution in [0.5, 0.6) is 5.75 Å². The van der Waals surface area contributed by atoms with Crippen LogP contribution in [-0.4, -0.2) is 17.2 Å². The first-order chi connectivity index (χ1) is 8.14. The summed E-state index contributed by atoms with van der Waals surface area (Å²) in [4.78, 5) is 10.7. The maximum atomic E-state index is 13.7. The highest BCUT2D eigenvalue weighted by molar-refractivity contribution is 5.90. The van der Waals surface area contributed by atoms with Crippen LogP contribution in [0.3, 0.4) is 0 Å². The van der Waals surface area contributed by atoms with E-state index in [2.05, 4.69) is 0 Å². The van der Waals surface area contributed by atoms with Gasteiger partial charge in [0.2, 0.25) is 0 Å². The number of rotatable bonds is 3. The molecular weight excluding hydrogens is 256 g/mol. The third-order valence-electron chi connectivity index (χ3n) is 1.99. The predicted octanol–water partition coefficient (Wildman–Crippen LogP) is 3.33. The van der Waals surface area contributed by atoms with Gasteiger partial charge in [-0.1, -0.05) is 0 Å². The SMILES string of the molecule is CC(C)Oc1ccc(C(F)(F)F)c(C(=O)O)c1F. The van der Waals surface area contributed by atoms with Gasteiger partial charge in [-0.2, -0.15) is 13.2 Å². The van der Waals surface area contributed by atoms with Crippen molar-refractivity contribution in [1.29, 1.82) is 0 Å². The number of benzene rings is 1. The molecular formula is C11H10F4O3. The van der Waals surface area contributed by atoms with E-state index < -0.39 is 40.9 Å². The zero-order valence-electron chi connectivity index (χ0n) is 9.51. The van der Waals surface area contributed by atoms with Crippen molar-refractivity contribution >= 4 is 5.97 Å². The van der Waals surface area contributed by atoms with E-state index in [9.17, 15) is 22.4 Å². The van der Waals surface area contributed by atoms with Crippen molar-refractivity contribution < 1.29 is 32.2 Å². The number of carboxylic acids is 1. The summed E-state index contributed by atoms with van der Waals surface area (Å²) in [7, 11) is 0. The molecule has 1 rings (SSSR count). The average Bonchev–Trinajstić information content (AvgIpc) is 2.17. The lowest BCUT2D eigenvalue weighted by Crippen LogP contribution is -2.17. The maximum Gasteiger partial charge on any atom is 0.417 e. The fraction of sp³-hybridized carbons (Fsp3) is 0.364. The summed E-state index contributed by atoms with van der Waals surface area (Å²) in [6.45, 7) is 3.08. The van der Waals surface area contributed by atoms with Crippen molar-refractivity contribution in [3.63, 3.8) is 0 Å². The van der Waals surface area contributed by atoms with Crippen LogP contribution < -0.4 is 4.74 Å². The first kappa shape index (κ1) is 14.3. The van der Waals surface area contributed by atoms with E-state index in [1.807, 2.05) is 0 Å². The summed E-state index contributed by atoms with van der Waals surface area (Å²) in [5.74, 6) is -4.03. The van der Waals surface area contributed by atoms with Gasteiger partial charge in [0.15, 0.2) is 11.6 Å². The number of hydrogen-bond acceptors (Lipinski definition) is 2. The van der Waals surface area contributed by atoms with Crippen LogP contribution in [0.2, 0.25) is 0 Å². The van der Waals surface area contributed by atoms with E-state index in [-0.39, 0.29) is 0 Å². The Kier molecular flexibility index (Phi) is 3.83. The summed E-state index contributed by atoms with van der Waals surface area (Å²) < 4.78 is 56.1. The zero-order valence-corrected chi connectivity index (χ0v) is 9.51. The Morgan fingerprint density at radius 2 is 1.89 bits per heavy atom. The molecule has 0 radical (unpaired) electrons. The summed E-state index contributed by atoms with van der Waals surface area (Å²) >= 11 is 0. The lowest BCUT2D eigenvalue weighted by molar-refractivity contribution is -0.138. The van der Waals surface area contributed by atoms with Gasteiger partial charge in [-0.3, -0.25) is 0 Å². The number of hydrogen-bond donors (Lipinski definition) is 1. The lowest BCUT2D eigenvalue weighted by Gasteiger charge is -2.15. The highest BCUT2D eigenvalue weighted by Crippen LogP contribution is 2.36. The molecule has 1 aromatic carbocycles. The molecule has 0 aromatic heterocycles. The standard InChI is InChI=1S/C11H10F4O3/c1-5(2)18-7-4-3-6(11(13,14)15)8(9(7)12)10(16)17/h3-5H,1-2H3,(H,16,17). The second-order valence-electron chi connectivity index (χ2n) is 3.77. The van der Waals surface area contributed by atoms with Gasteiger partial charge < -0.3 is 9.84 Å². The topological polar surface area (TPSA) is 46.5 Å². The molecule has 0 bridgehead atoms. The van der Waals surface area contributed by atoms with Crippen molar-refractivity contribution in [3.05, 3.63) is 29.1 Å². The first-order valence-electron chi connectivity index (χ1n) is 4.94. The molecule has 100 valence electrons. The van der Waals surface area contributed by atoms with E-state index in [1.165, 1.54) is 13.8 Å². The quantitative estimate of drug-likeness (QED) is 0.853. The molecule has 18 heavy (non-hydrogen) atoms. The molecule has 0 amide bonds. The largest absolute Gasteiger partial charge is 0.488 e. The fourth-order valence-electron chi connectivity index (χ4n) is 1.35. The van der Waals surface area contributed by atoms with Gasteiger partial charge in [-0.15, -0.1) is 0 Å². The van der Waals surface area contributed by atoms with E-state index in [4.69, 9.17) is 9.84 Å². The van der Waals surface area contributed by atoms with E-state index in [1.54, 1.807) is 0 Å². The highest BCUT2D eigenvalue weighted by atomic mass is 19.4. The van der Waals surface area contributed by atoms with Gasteiger partial charge >= 0.3 is 12.1 Å². The number of halogens is 4. The van der Waals surface area contributed by atoms with Crippen LogP contribution in [0.4, 0.5) is 17.6 Å². The molecule has 0 fully saturated rings. The van der Waals surface area contributed by atoms with Gasteiger partial charge in [0, 0.05) is 0 Å². The summed E-state index contributed by atoms with van der Waals surface area (Å²) in [5.41, 5.74) is -2.97. The maximum absolute atomic E-state index is 13.7. The molecule has 7 heteroatoms. The molecule has 0 aliphatic heterocycles. The third-order valence-corrected chi connectivity index (χ3v) is 1.99. The van der Waals surface area contributed by atoms with Gasteiger partial charge in [0.05, 0.1) is 11.7 Å². The predicted molar refractivity (Wildman–Crippen MR) is 54.1 cm³/mol. The number of alkyl halides is 3. The molecule has 3 nitrogen and oxygen atoms in total. The molecule has 0 saturated heterocycles. The van der Waals surface area contributed by atoms with Crippen molar-refractivity contribution in [2.45, 2.75) is 26.1 Å². The molecule has 1 aromatic rings. The molecule has 0 aliphatic rings. The van der Waals surface area contributed by atoms with E-state index >= 15 is 0 Å². The van der Waals surface area contributed by atoms with Crippen LogP contribution in [0.1, 0.15) is 29.8 Å². The Hall–Kier alpha value is -1.79. The van der Waals surface area contributed by atoms with Gasteiger partial charge in [0.1, 0.15) is 5.56 Å². The smallest absolute Gasteiger partial charge is 0.417 e. The van der Waals surface area contributed by atoms with Crippen molar-refractivity contribution in [3.8, 4) is 5.75 Å². The molecule has 1 N–H and O–H groups in total. The van der Waals surface area contributed by atoms with Crippen LogP contribution in [-0.2, 0) is 6.18 Å². The van der Waals surface area contributed by atoms with Crippen LogP contribution in [0, 0.1) is 5.82 Å². The fourth-order valence-corrected chi connectivity index (χ4v) is 1.35. The van der Waals surface area contributed by atoms with E-state index in [0.29, 0.717) is 6.07 Å². The molecule has 0 unspecified atom stereocenters. The third kappa shape index (κ3) is 2.91. The minimum absolute atomic E-state index is 0.488. The van der Waals surface area contributed by atoms with Gasteiger partial charge in [-0.25, -0.2) is 9.18 Å². The van der Waals surface area contributed by atoms with Crippen LogP contribution in [0.15, 0.2) is 12.1 Å². The Balaban J connectivity index is 3.43. The number of carboxylic acid groups (broad SMARTS) is 1. The molecule has 0 spiro atoms.